The second kappa shape index (κ2) is 3.67. The van der Waals surface area contributed by atoms with Crippen LogP contribution >= 0.6 is 12.2 Å². The van der Waals surface area contributed by atoms with Gasteiger partial charge in [0.25, 0.3) is 0 Å². The molecule has 3 N–H and O–H groups in total. The number of amides is 1. The second-order valence-corrected chi connectivity index (χ2v) is 4.09. The fourth-order valence-electron chi connectivity index (χ4n) is 0.663. The highest BCUT2D eigenvalue weighted by molar-refractivity contribution is 7.80. The van der Waals surface area contributed by atoms with E-state index in [0.29, 0.717) is 6.42 Å². The number of nitrogens with two attached hydrogens (primary N) is 1. The lowest BCUT2D eigenvalue weighted by Gasteiger charge is -2.16. The van der Waals surface area contributed by atoms with Crippen molar-refractivity contribution in [3.63, 3.8) is 0 Å². The molecule has 0 saturated heterocycles. The van der Waals surface area contributed by atoms with E-state index in [-0.39, 0.29) is 16.4 Å². The van der Waals surface area contributed by atoms with Gasteiger partial charge in [0.05, 0.1) is 0 Å². The molecule has 0 saturated carbocycles. The highest BCUT2D eigenvalue weighted by Crippen LogP contribution is 2.17. The van der Waals surface area contributed by atoms with Gasteiger partial charge in [-0.25, -0.2) is 0 Å². The first-order valence-corrected chi connectivity index (χ1v) is 3.81. The van der Waals surface area contributed by atoms with E-state index in [0.717, 1.165) is 0 Å². The maximum atomic E-state index is 11.0. The van der Waals surface area contributed by atoms with Gasteiger partial charge in [0.15, 0.2) is 5.11 Å². The summed E-state index contributed by atoms with van der Waals surface area (Å²) in [5.41, 5.74) is 5.09. The molecule has 0 unspecified atom stereocenters. The predicted molar refractivity (Wildman–Crippen MR) is 49.0 cm³/mol. The fraction of sp³-hybridized carbons (Fsp3) is 0.714. The van der Waals surface area contributed by atoms with E-state index in [9.17, 15) is 4.79 Å². The van der Waals surface area contributed by atoms with Crippen LogP contribution in [0.5, 0.6) is 0 Å². The highest BCUT2D eigenvalue weighted by atomic mass is 32.1. The molecule has 0 aromatic carbocycles. The highest BCUT2D eigenvalue weighted by Gasteiger charge is 2.15. The Morgan fingerprint density at radius 2 is 2.00 bits per heavy atom. The maximum Gasteiger partial charge on any atom is 0.226 e. The maximum absolute atomic E-state index is 11.0. The monoisotopic (exact) mass is 174 g/mol. The van der Waals surface area contributed by atoms with Crippen LogP contribution in [0.3, 0.4) is 0 Å². The number of nitrogens with one attached hydrogen (secondary N) is 1. The Labute approximate surface area is 72.3 Å². The molecule has 3 nitrogen and oxygen atoms in total. The largest absolute Gasteiger partial charge is 0.376 e. The minimum absolute atomic E-state index is 0.0190. The van der Waals surface area contributed by atoms with Crippen molar-refractivity contribution in [1.82, 2.24) is 5.32 Å². The van der Waals surface area contributed by atoms with Crippen molar-refractivity contribution in [3.05, 3.63) is 0 Å². The minimum atomic E-state index is -0.120. The van der Waals surface area contributed by atoms with E-state index in [4.69, 9.17) is 5.73 Å². The number of hydrogen-bond acceptors (Lipinski definition) is 2. The first-order valence-electron chi connectivity index (χ1n) is 3.40. The lowest BCUT2D eigenvalue weighted by atomic mass is 9.92. The summed E-state index contributed by atoms with van der Waals surface area (Å²) in [4.78, 5) is 11.0. The van der Waals surface area contributed by atoms with Gasteiger partial charge in [0.2, 0.25) is 5.91 Å². The summed E-state index contributed by atoms with van der Waals surface area (Å²) in [5.74, 6) is -0.120. The molecule has 0 aliphatic carbocycles. The Kier molecular flexibility index (Phi) is 3.45. The summed E-state index contributed by atoms with van der Waals surface area (Å²) in [6.07, 6.45) is 0.435. The van der Waals surface area contributed by atoms with Gasteiger partial charge < -0.3 is 11.1 Å². The van der Waals surface area contributed by atoms with Gasteiger partial charge in [-0.05, 0) is 17.6 Å². The van der Waals surface area contributed by atoms with Gasteiger partial charge in [0.1, 0.15) is 0 Å². The van der Waals surface area contributed by atoms with Crippen LogP contribution in [0.1, 0.15) is 27.2 Å². The second-order valence-electron chi connectivity index (χ2n) is 3.65. The van der Waals surface area contributed by atoms with E-state index in [1.165, 1.54) is 0 Å². The summed E-state index contributed by atoms with van der Waals surface area (Å²) in [6.45, 7) is 5.93. The van der Waals surface area contributed by atoms with Gasteiger partial charge in [-0.3, -0.25) is 4.79 Å². The molecule has 0 rings (SSSR count). The molecule has 0 aromatic heterocycles. The Morgan fingerprint density at radius 3 is 2.27 bits per heavy atom. The molecular formula is C7H14N2OS. The van der Waals surface area contributed by atoms with Gasteiger partial charge in [-0.2, -0.15) is 0 Å². The molecule has 0 aliphatic heterocycles. The van der Waals surface area contributed by atoms with Crippen LogP contribution in [-0.2, 0) is 4.79 Å². The number of carbonyl (C=O) groups is 1. The molecule has 4 heteroatoms. The van der Waals surface area contributed by atoms with Gasteiger partial charge >= 0.3 is 0 Å². The van der Waals surface area contributed by atoms with Crippen molar-refractivity contribution in [1.29, 1.82) is 0 Å². The number of carbonyl (C=O) groups excluding carboxylic acids is 1. The normalized spacial score (nSPS) is 10.8. The molecule has 1 amide bonds. The van der Waals surface area contributed by atoms with Gasteiger partial charge in [-0.1, -0.05) is 20.8 Å². The van der Waals surface area contributed by atoms with Crippen LogP contribution in [-0.4, -0.2) is 11.0 Å². The van der Waals surface area contributed by atoms with Crippen molar-refractivity contribution >= 4 is 23.2 Å². The topological polar surface area (TPSA) is 55.1 Å². The zero-order valence-electron chi connectivity index (χ0n) is 7.10. The molecule has 0 spiro atoms. The molecular weight excluding hydrogens is 160 g/mol. The third-order valence-electron chi connectivity index (χ3n) is 0.954. The predicted octanol–water partition coefficient (Wildman–Crippen LogP) is 0.782. The van der Waals surface area contributed by atoms with E-state index in [2.05, 4.69) is 17.5 Å². The average Bonchev–Trinajstić information content (AvgIpc) is 1.53. The summed E-state index contributed by atoms with van der Waals surface area (Å²) >= 11 is 4.51. The van der Waals surface area contributed by atoms with Gasteiger partial charge in [-0.15, -0.1) is 0 Å². The average molecular weight is 174 g/mol. The van der Waals surface area contributed by atoms with Crippen LogP contribution in [0.2, 0.25) is 0 Å². The molecule has 0 atom stereocenters. The molecule has 0 aromatic rings. The summed E-state index contributed by atoms with van der Waals surface area (Å²) < 4.78 is 0. The first-order chi connectivity index (χ1) is 4.81. The van der Waals surface area contributed by atoms with E-state index in [1.807, 2.05) is 20.8 Å². The van der Waals surface area contributed by atoms with Crippen molar-refractivity contribution in [2.75, 3.05) is 0 Å². The molecule has 0 fully saturated rings. The zero-order valence-corrected chi connectivity index (χ0v) is 7.92. The molecule has 0 radical (unpaired) electrons. The lowest BCUT2D eigenvalue weighted by molar-refractivity contribution is -0.121. The number of thiocarbonyl (C=S) groups is 1. The van der Waals surface area contributed by atoms with E-state index in [1.54, 1.807) is 0 Å². The third-order valence-corrected chi connectivity index (χ3v) is 1.06. The molecule has 0 heterocycles. The summed E-state index contributed by atoms with van der Waals surface area (Å²) in [7, 11) is 0. The quantitative estimate of drug-likeness (QED) is 0.578. The molecule has 11 heavy (non-hydrogen) atoms. The fourth-order valence-corrected chi connectivity index (χ4v) is 0.777. The van der Waals surface area contributed by atoms with Crippen molar-refractivity contribution in [3.8, 4) is 0 Å². The minimum Gasteiger partial charge on any atom is -0.376 e. The Morgan fingerprint density at radius 1 is 1.55 bits per heavy atom. The van der Waals surface area contributed by atoms with Crippen LogP contribution in [0.25, 0.3) is 0 Å². The molecule has 64 valence electrons. The summed E-state index contributed by atoms with van der Waals surface area (Å²) in [5, 5.41) is 2.41. The van der Waals surface area contributed by atoms with Crippen molar-refractivity contribution in [2.24, 2.45) is 11.1 Å². The zero-order chi connectivity index (χ0) is 9.07. The number of hydrogen-bond donors (Lipinski definition) is 2. The van der Waals surface area contributed by atoms with Crippen LogP contribution in [0.15, 0.2) is 0 Å². The Bertz CT molecular complexity index is 172. The van der Waals surface area contributed by atoms with Crippen LogP contribution < -0.4 is 11.1 Å². The number of rotatable bonds is 1. The lowest BCUT2D eigenvalue weighted by Crippen LogP contribution is -2.36. The van der Waals surface area contributed by atoms with Crippen molar-refractivity contribution in [2.45, 2.75) is 27.2 Å². The van der Waals surface area contributed by atoms with Gasteiger partial charge in [0, 0.05) is 6.42 Å². The summed E-state index contributed by atoms with van der Waals surface area (Å²) in [6, 6.07) is 0. The van der Waals surface area contributed by atoms with Crippen molar-refractivity contribution < 1.29 is 4.79 Å². The first kappa shape index (κ1) is 10.4. The van der Waals surface area contributed by atoms with Crippen LogP contribution in [0, 0.1) is 5.41 Å². The molecule has 0 aliphatic rings. The van der Waals surface area contributed by atoms with Crippen LogP contribution in [0.4, 0.5) is 0 Å². The standard InChI is InChI=1S/C7H14N2OS/c1-7(2,3)4-5(10)9-6(8)11/h4H2,1-3H3,(H3,8,9,10,11). The smallest absolute Gasteiger partial charge is 0.226 e. The SMILES string of the molecule is CC(C)(C)CC(=O)NC(N)=S. The Balaban J connectivity index is 3.80. The van der Waals surface area contributed by atoms with E-state index < -0.39 is 0 Å². The van der Waals surface area contributed by atoms with E-state index >= 15 is 0 Å². The molecule has 0 bridgehead atoms. The third kappa shape index (κ3) is 7.25. The Hall–Kier alpha value is -0.640.